The maximum Gasteiger partial charge on any atom is 0.228 e. The average Bonchev–Trinajstić information content (AvgIpc) is 3.03. The van der Waals surface area contributed by atoms with E-state index in [1.165, 1.54) is 6.92 Å². The Morgan fingerprint density at radius 2 is 1.85 bits per heavy atom. The number of carbonyl (C=O) groups is 3. The number of carbonyl (C=O) groups excluding carboxylic acids is 3. The highest BCUT2D eigenvalue weighted by atomic mass is 16.2. The van der Waals surface area contributed by atoms with E-state index >= 15 is 0 Å². The average molecular weight is 350 g/mol. The molecule has 1 saturated heterocycles. The Bertz CT molecular complexity index is 832. The molecule has 0 aromatic heterocycles. The van der Waals surface area contributed by atoms with Crippen molar-refractivity contribution < 1.29 is 14.4 Å². The van der Waals surface area contributed by atoms with Gasteiger partial charge < -0.3 is 9.80 Å². The van der Waals surface area contributed by atoms with Gasteiger partial charge in [0.15, 0.2) is 5.78 Å². The number of benzene rings is 2. The quantitative estimate of drug-likeness (QED) is 0.779. The summed E-state index contributed by atoms with van der Waals surface area (Å²) >= 11 is 0. The number of hydrogen-bond acceptors (Lipinski definition) is 3. The summed E-state index contributed by atoms with van der Waals surface area (Å²) in [5.74, 6) is -0.532. The van der Waals surface area contributed by atoms with Crippen LogP contribution in [0.5, 0.6) is 0 Å². The van der Waals surface area contributed by atoms with E-state index in [4.69, 9.17) is 0 Å². The van der Waals surface area contributed by atoms with Crippen molar-refractivity contribution in [2.24, 2.45) is 5.92 Å². The number of ketones is 1. The first-order valence-corrected chi connectivity index (χ1v) is 8.66. The fourth-order valence-electron chi connectivity index (χ4n) is 3.26. The van der Waals surface area contributed by atoms with Crippen molar-refractivity contribution in [1.29, 1.82) is 0 Å². The molecular formula is C21H22N2O3. The number of Topliss-reactive ketones (excluding diaryl/α,β-unsaturated/α-hetero) is 1. The van der Waals surface area contributed by atoms with Crippen LogP contribution < -0.4 is 4.90 Å². The molecule has 134 valence electrons. The van der Waals surface area contributed by atoms with Gasteiger partial charge in [0.2, 0.25) is 11.8 Å². The Balaban J connectivity index is 1.70. The summed E-state index contributed by atoms with van der Waals surface area (Å²) in [6, 6.07) is 16.8. The van der Waals surface area contributed by atoms with Gasteiger partial charge in [-0.15, -0.1) is 0 Å². The molecule has 1 atom stereocenters. The maximum atomic E-state index is 12.7. The summed E-state index contributed by atoms with van der Waals surface area (Å²) < 4.78 is 0. The van der Waals surface area contributed by atoms with E-state index in [0.29, 0.717) is 24.3 Å². The smallest absolute Gasteiger partial charge is 0.228 e. The van der Waals surface area contributed by atoms with Gasteiger partial charge >= 0.3 is 0 Å². The molecule has 2 aromatic rings. The van der Waals surface area contributed by atoms with Crippen LogP contribution in [0.15, 0.2) is 54.6 Å². The molecule has 26 heavy (non-hydrogen) atoms. The Kier molecular flexibility index (Phi) is 5.16. The molecule has 1 aliphatic heterocycles. The lowest BCUT2D eigenvalue weighted by Gasteiger charge is -2.22. The van der Waals surface area contributed by atoms with Gasteiger partial charge in [0.25, 0.3) is 0 Å². The monoisotopic (exact) mass is 350 g/mol. The molecule has 1 unspecified atom stereocenters. The molecule has 5 nitrogen and oxygen atoms in total. The molecule has 1 heterocycles. The molecular weight excluding hydrogens is 328 g/mol. The van der Waals surface area contributed by atoms with Crippen molar-refractivity contribution in [3.8, 4) is 0 Å². The zero-order valence-electron chi connectivity index (χ0n) is 15.0. The Morgan fingerprint density at radius 3 is 2.54 bits per heavy atom. The fraction of sp³-hybridized carbons (Fsp3) is 0.286. The molecule has 0 spiro atoms. The van der Waals surface area contributed by atoms with Crippen molar-refractivity contribution in [1.82, 2.24) is 4.90 Å². The van der Waals surface area contributed by atoms with Crippen molar-refractivity contribution in [2.75, 3.05) is 18.5 Å². The molecule has 0 saturated carbocycles. The molecule has 0 N–H and O–H groups in total. The van der Waals surface area contributed by atoms with Gasteiger partial charge in [0.1, 0.15) is 0 Å². The van der Waals surface area contributed by atoms with E-state index in [-0.39, 0.29) is 29.9 Å². The van der Waals surface area contributed by atoms with Gasteiger partial charge in [0.05, 0.1) is 5.92 Å². The zero-order chi connectivity index (χ0) is 18.7. The minimum Gasteiger partial charge on any atom is -0.341 e. The lowest BCUT2D eigenvalue weighted by atomic mass is 10.1. The summed E-state index contributed by atoms with van der Waals surface area (Å²) in [5, 5.41) is 0. The SMILES string of the molecule is CC(=O)c1cccc(N2CC(C(=O)N(C)Cc3ccccc3)CC2=O)c1. The van der Waals surface area contributed by atoms with Gasteiger partial charge in [-0.3, -0.25) is 14.4 Å². The number of anilines is 1. The minimum atomic E-state index is -0.364. The first-order chi connectivity index (χ1) is 12.5. The van der Waals surface area contributed by atoms with Crippen LogP contribution in [0.25, 0.3) is 0 Å². The predicted molar refractivity (Wildman–Crippen MR) is 99.8 cm³/mol. The van der Waals surface area contributed by atoms with Gasteiger partial charge in [-0.05, 0) is 24.6 Å². The molecule has 2 amide bonds. The highest BCUT2D eigenvalue weighted by Gasteiger charge is 2.36. The molecule has 3 rings (SSSR count). The number of amides is 2. The van der Waals surface area contributed by atoms with Crippen LogP contribution in [-0.2, 0) is 16.1 Å². The Labute approximate surface area is 153 Å². The van der Waals surface area contributed by atoms with Crippen LogP contribution >= 0.6 is 0 Å². The zero-order valence-corrected chi connectivity index (χ0v) is 15.0. The van der Waals surface area contributed by atoms with E-state index < -0.39 is 0 Å². The second-order valence-corrected chi connectivity index (χ2v) is 6.69. The van der Waals surface area contributed by atoms with Crippen LogP contribution in [0.1, 0.15) is 29.3 Å². The fourth-order valence-corrected chi connectivity index (χ4v) is 3.26. The van der Waals surface area contributed by atoms with E-state index in [0.717, 1.165) is 5.56 Å². The Hall–Kier alpha value is -2.95. The normalized spacial score (nSPS) is 16.6. The van der Waals surface area contributed by atoms with Gasteiger partial charge in [-0.2, -0.15) is 0 Å². The van der Waals surface area contributed by atoms with Gasteiger partial charge in [-0.25, -0.2) is 0 Å². The molecule has 2 aromatic carbocycles. The summed E-state index contributed by atoms with van der Waals surface area (Å²) in [5.41, 5.74) is 2.29. The lowest BCUT2D eigenvalue weighted by molar-refractivity contribution is -0.135. The second kappa shape index (κ2) is 7.52. The number of nitrogens with zero attached hydrogens (tertiary/aromatic N) is 2. The van der Waals surface area contributed by atoms with Crippen LogP contribution in [0, 0.1) is 5.92 Å². The van der Waals surface area contributed by atoms with E-state index in [2.05, 4.69) is 0 Å². The molecule has 5 heteroatoms. The second-order valence-electron chi connectivity index (χ2n) is 6.69. The number of rotatable bonds is 5. The van der Waals surface area contributed by atoms with Crippen molar-refractivity contribution >= 4 is 23.3 Å². The van der Waals surface area contributed by atoms with E-state index in [9.17, 15) is 14.4 Å². The van der Waals surface area contributed by atoms with Crippen LogP contribution in [0.2, 0.25) is 0 Å². The third kappa shape index (κ3) is 3.82. The highest BCUT2D eigenvalue weighted by Crippen LogP contribution is 2.27. The van der Waals surface area contributed by atoms with Crippen molar-refractivity contribution in [2.45, 2.75) is 19.9 Å². The van der Waals surface area contributed by atoms with E-state index in [1.54, 1.807) is 41.1 Å². The first kappa shape index (κ1) is 17.9. The Morgan fingerprint density at radius 1 is 1.12 bits per heavy atom. The molecule has 1 fully saturated rings. The minimum absolute atomic E-state index is 0.0348. The first-order valence-electron chi connectivity index (χ1n) is 8.66. The van der Waals surface area contributed by atoms with Gasteiger partial charge in [0, 0.05) is 37.8 Å². The van der Waals surface area contributed by atoms with Crippen LogP contribution in [-0.4, -0.2) is 36.1 Å². The highest BCUT2D eigenvalue weighted by molar-refractivity contribution is 6.02. The largest absolute Gasteiger partial charge is 0.341 e. The predicted octanol–water partition coefficient (Wildman–Crippen LogP) is 2.90. The molecule has 0 bridgehead atoms. The van der Waals surface area contributed by atoms with Crippen molar-refractivity contribution in [3.63, 3.8) is 0 Å². The van der Waals surface area contributed by atoms with Crippen LogP contribution in [0.4, 0.5) is 5.69 Å². The summed E-state index contributed by atoms with van der Waals surface area (Å²) in [6.45, 7) is 2.36. The third-order valence-corrected chi connectivity index (χ3v) is 4.68. The van der Waals surface area contributed by atoms with Crippen LogP contribution in [0.3, 0.4) is 0 Å². The maximum absolute atomic E-state index is 12.7. The standard InChI is InChI=1S/C21H22N2O3/c1-15(24)17-9-6-10-19(11-17)23-14-18(12-20(23)25)21(26)22(2)13-16-7-4-3-5-8-16/h3-11,18H,12-14H2,1-2H3. The number of hydrogen-bond donors (Lipinski definition) is 0. The lowest BCUT2D eigenvalue weighted by Crippen LogP contribution is -2.34. The van der Waals surface area contributed by atoms with E-state index in [1.807, 2.05) is 30.3 Å². The van der Waals surface area contributed by atoms with Crippen molar-refractivity contribution in [3.05, 3.63) is 65.7 Å². The summed E-state index contributed by atoms with van der Waals surface area (Å²) in [7, 11) is 1.76. The van der Waals surface area contributed by atoms with Gasteiger partial charge in [-0.1, -0.05) is 42.5 Å². The molecule has 0 aliphatic carbocycles. The summed E-state index contributed by atoms with van der Waals surface area (Å²) in [4.78, 5) is 40.0. The topological polar surface area (TPSA) is 57.7 Å². The summed E-state index contributed by atoms with van der Waals surface area (Å²) in [6.07, 6.45) is 0.197. The molecule has 1 aliphatic rings. The third-order valence-electron chi connectivity index (χ3n) is 4.68. The molecule has 0 radical (unpaired) electrons.